The topological polar surface area (TPSA) is 66.4 Å². The maximum atomic E-state index is 12.2. The third-order valence-electron chi connectivity index (χ3n) is 2.49. The van der Waals surface area contributed by atoms with Crippen molar-refractivity contribution in [3.05, 3.63) is 49.8 Å². The van der Waals surface area contributed by atoms with Crippen LogP contribution >= 0.6 is 38.9 Å². The summed E-state index contributed by atoms with van der Waals surface area (Å²) < 4.78 is 0.588. The van der Waals surface area contributed by atoms with Gasteiger partial charge in [0.15, 0.2) is 0 Å². The van der Waals surface area contributed by atoms with Gasteiger partial charge < -0.3 is 10.4 Å². The second kappa shape index (κ2) is 5.95. The quantitative estimate of drug-likeness (QED) is 0.835. The summed E-state index contributed by atoms with van der Waals surface area (Å²) in [6.07, 6.45) is 0. The summed E-state index contributed by atoms with van der Waals surface area (Å²) in [6.45, 7) is 1.78. The van der Waals surface area contributed by atoms with Crippen molar-refractivity contribution in [2.75, 3.05) is 5.32 Å². The highest BCUT2D eigenvalue weighted by molar-refractivity contribution is 9.10. The molecule has 0 aliphatic rings. The number of benzene rings is 1. The number of carboxylic acid groups (broad SMARTS) is 1. The summed E-state index contributed by atoms with van der Waals surface area (Å²) in [5.74, 6) is -1.49. The lowest BCUT2D eigenvalue weighted by atomic mass is 10.2. The molecule has 0 saturated carbocycles. The van der Waals surface area contributed by atoms with Crippen LogP contribution in [-0.2, 0) is 0 Å². The Balaban J connectivity index is 2.32. The van der Waals surface area contributed by atoms with E-state index in [4.69, 9.17) is 16.7 Å². The molecule has 1 aromatic heterocycles. The van der Waals surface area contributed by atoms with Gasteiger partial charge in [-0.1, -0.05) is 11.6 Å². The van der Waals surface area contributed by atoms with Gasteiger partial charge in [0.2, 0.25) is 0 Å². The predicted octanol–water partition coefficient (Wildman–Crippen LogP) is 4.42. The Labute approximate surface area is 132 Å². The van der Waals surface area contributed by atoms with Gasteiger partial charge in [0, 0.05) is 14.4 Å². The van der Waals surface area contributed by atoms with E-state index in [-0.39, 0.29) is 5.56 Å². The van der Waals surface area contributed by atoms with Crippen LogP contribution in [0, 0.1) is 6.92 Å². The summed E-state index contributed by atoms with van der Waals surface area (Å²) in [4.78, 5) is 24.1. The highest BCUT2D eigenvalue weighted by Gasteiger charge is 2.18. The van der Waals surface area contributed by atoms with Crippen molar-refractivity contribution >= 4 is 55.7 Å². The van der Waals surface area contributed by atoms with Gasteiger partial charge in [-0.05, 0) is 47.1 Å². The van der Waals surface area contributed by atoms with E-state index in [9.17, 15) is 9.59 Å². The molecule has 0 aliphatic carbocycles. The average Bonchev–Trinajstić information content (AvgIpc) is 2.73. The van der Waals surface area contributed by atoms with E-state index < -0.39 is 11.9 Å². The van der Waals surface area contributed by atoms with Gasteiger partial charge in [-0.3, -0.25) is 4.79 Å². The zero-order chi connectivity index (χ0) is 14.9. The van der Waals surface area contributed by atoms with E-state index in [1.807, 2.05) is 0 Å². The van der Waals surface area contributed by atoms with Gasteiger partial charge >= 0.3 is 5.97 Å². The molecule has 0 radical (unpaired) electrons. The van der Waals surface area contributed by atoms with E-state index in [0.29, 0.717) is 20.1 Å². The third-order valence-corrected chi connectivity index (χ3v) is 4.38. The number of rotatable bonds is 3. The lowest BCUT2D eigenvalue weighted by Gasteiger charge is -2.06. The number of halogens is 2. The van der Waals surface area contributed by atoms with Crippen molar-refractivity contribution in [2.24, 2.45) is 0 Å². The molecule has 0 bridgehead atoms. The fourth-order valence-electron chi connectivity index (χ4n) is 1.61. The summed E-state index contributed by atoms with van der Waals surface area (Å²) in [6, 6.07) is 6.35. The molecule has 1 heterocycles. The number of carbonyl (C=O) groups excluding carboxylic acids is 1. The molecule has 4 nitrogen and oxygen atoms in total. The van der Waals surface area contributed by atoms with E-state index >= 15 is 0 Å². The zero-order valence-corrected chi connectivity index (χ0v) is 13.4. The molecule has 0 saturated heterocycles. The van der Waals surface area contributed by atoms with Crippen LogP contribution in [0.15, 0.2) is 28.7 Å². The Hall–Kier alpha value is -1.37. The number of hydrogen-bond acceptors (Lipinski definition) is 3. The van der Waals surface area contributed by atoms with Crippen LogP contribution in [0.1, 0.15) is 25.6 Å². The van der Waals surface area contributed by atoms with Crippen molar-refractivity contribution in [2.45, 2.75) is 6.92 Å². The summed E-state index contributed by atoms with van der Waals surface area (Å²) in [5.41, 5.74) is 0.430. The number of carbonyl (C=O) groups is 2. The minimum atomic E-state index is -1.07. The summed E-state index contributed by atoms with van der Waals surface area (Å²) in [5, 5.41) is 12.4. The maximum Gasteiger partial charge on any atom is 0.338 e. The molecule has 104 valence electrons. The van der Waals surface area contributed by atoms with Gasteiger partial charge in [-0.15, -0.1) is 11.3 Å². The Morgan fingerprint density at radius 2 is 2.00 bits per heavy atom. The lowest BCUT2D eigenvalue weighted by Crippen LogP contribution is -2.13. The predicted molar refractivity (Wildman–Crippen MR) is 83.1 cm³/mol. The fourth-order valence-corrected chi connectivity index (χ4v) is 3.11. The van der Waals surface area contributed by atoms with Gasteiger partial charge in [-0.2, -0.15) is 0 Å². The van der Waals surface area contributed by atoms with Crippen LogP contribution in [0.3, 0.4) is 0 Å². The van der Waals surface area contributed by atoms with Crippen molar-refractivity contribution in [1.29, 1.82) is 0 Å². The van der Waals surface area contributed by atoms with Gasteiger partial charge in [0.05, 0.1) is 11.1 Å². The van der Waals surface area contributed by atoms with Crippen LogP contribution < -0.4 is 5.32 Å². The number of hydrogen-bond donors (Lipinski definition) is 2. The van der Waals surface area contributed by atoms with Gasteiger partial charge in [0.25, 0.3) is 5.91 Å². The molecule has 1 aromatic carbocycles. The number of aromatic carboxylic acids is 1. The Morgan fingerprint density at radius 1 is 1.30 bits per heavy atom. The van der Waals surface area contributed by atoms with E-state index in [2.05, 4.69) is 21.2 Å². The van der Waals surface area contributed by atoms with E-state index in [1.165, 1.54) is 23.5 Å². The minimum Gasteiger partial charge on any atom is -0.478 e. The smallest absolute Gasteiger partial charge is 0.338 e. The molecule has 0 aliphatic heterocycles. The number of amides is 1. The molecule has 1 amide bonds. The molecule has 2 rings (SSSR count). The molecule has 7 heteroatoms. The van der Waals surface area contributed by atoms with Gasteiger partial charge in [0.1, 0.15) is 5.00 Å². The standard InChI is InChI=1S/C13H9BrClNO3S/c1-6-4-9(13(18)19)12(20-6)16-11(17)8-5-7(15)2-3-10(8)14/h2-5H,1H3,(H,16,17)(H,18,19). The molecule has 0 unspecified atom stereocenters. The first kappa shape index (κ1) is 15.0. The van der Waals surface area contributed by atoms with E-state index in [0.717, 1.165) is 4.88 Å². The number of nitrogens with one attached hydrogen (secondary N) is 1. The highest BCUT2D eigenvalue weighted by Crippen LogP contribution is 2.29. The molecule has 2 N–H and O–H groups in total. The molecule has 0 fully saturated rings. The van der Waals surface area contributed by atoms with Crippen molar-refractivity contribution in [1.82, 2.24) is 0 Å². The first-order valence-electron chi connectivity index (χ1n) is 5.48. The number of carboxylic acids is 1. The number of aryl methyl sites for hydroxylation is 1. The minimum absolute atomic E-state index is 0.0824. The maximum absolute atomic E-state index is 12.2. The van der Waals surface area contributed by atoms with Crippen LogP contribution in [0.25, 0.3) is 0 Å². The largest absolute Gasteiger partial charge is 0.478 e. The van der Waals surface area contributed by atoms with Crippen LogP contribution in [0.4, 0.5) is 5.00 Å². The van der Waals surface area contributed by atoms with Crippen LogP contribution in [0.2, 0.25) is 5.02 Å². The van der Waals surface area contributed by atoms with E-state index in [1.54, 1.807) is 19.1 Å². The van der Waals surface area contributed by atoms with Crippen molar-refractivity contribution in [3.8, 4) is 0 Å². The zero-order valence-electron chi connectivity index (χ0n) is 10.2. The Kier molecular flexibility index (Phi) is 4.47. The monoisotopic (exact) mass is 373 g/mol. The van der Waals surface area contributed by atoms with Crippen LogP contribution in [-0.4, -0.2) is 17.0 Å². The lowest BCUT2D eigenvalue weighted by molar-refractivity contribution is 0.0698. The first-order valence-corrected chi connectivity index (χ1v) is 7.47. The van der Waals surface area contributed by atoms with Crippen molar-refractivity contribution < 1.29 is 14.7 Å². The highest BCUT2D eigenvalue weighted by atomic mass is 79.9. The fraction of sp³-hybridized carbons (Fsp3) is 0.0769. The molecule has 0 spiro atoms. The molecular weight excluding hydrogens is 366 g/mol. The molecular formula is C13H9BrClNO3S. The Morgan fingerprint density at radius 3 is 2.65 bits per heavy atom. The average molecular weight is 375 g/mol. The van der Waals surface area contributed by atoms with Crippen LogP contribution in [0.5, 0.6) is 0 Å². The first-order chi connectivity index (χ1) is 9.38. The Bertz CT molecular complexity index is 699. The SMILES string of the molecule is Cc1cc(C(=O)O)c(NC(=O)c2cc(Cl)ccc2Br)s1. The van der Waals surface area contributed by atoms with Gasteiger partial charge in [-0.25, -0.2) is 4.79 Å². The molecule has 0 atom stereocenters. The molecule has 20 heavy (non-hydrogen) atoms. The number of anilines is 1. The summed E-state index contributed by atoms with van der Waals surface area (Å²) in [7, 11) is 0. The number of thiophene rings is 1. The molecule has 2 aromatic rings. The normalized spacial score (nSPS) is 10.3. The third kappa shape index (κ3) is 3.20. The summed E-state index contributed by atoms with van der Waals surface area (Å²) >= 11 is 10.3. The van der Waals surface area contributed by atoms with Crippen molar-refractivity contribution in [3.63, 3.8) is 0 Å². The second-order valence-corrected chi connectivity index (χ2v) is 6.53. The second-order valence-electron chi connectivity index (χ2n) is 3.98.